The predicted octanol–water partition coefficient (Wildman–Crippen LogP) is 7.03. The van der Waals surface area contributed by atoms with Crippen LogP contribution >= 0.6 is 23.2 Å². The number of ether oxygens (including phenoxy) is 1. The van der Waals surface area contributed by atoms with E-state index in [0.717, 1.165) is 38.8 Å². The second kappa shape index (κ2) is 10.5. The van der Waals surface area contributed by atoms with Crippen molar-refractivity contribution in [1.29, 1.82) is 0 Å². The van der Waals surface area contributed by atoms with Crippen LogP contribution in [-0.4, -0.2) is 28.9 Å². The number of benzene rings is 2. The van der Waals surface area contributed by atoms with Crippen molar-refractivity contribution in [3.05, 3.63) is 62.3 Å². The summed E-state index contributed by atoms with van der Waals surface area (Å²) in [4.78, 5) is 15.5. The van der Waals surface area contributed by atoms with E-state index in [1.807, 2.05) is 0 Å². The van der Waals surface area contributed by atoms with Gasteiger partial charge in [0.25, 0.3) is 0 Å². The molecule has 0 atom stereocenters. The van der Waals surface area contributed by atoms with E-state index in [0.29, 0.717) is 44.6 Å². The molecule has 0 aromatic heterocycles. The molecule has 0 bridgehead atoms. The van der Waals surface area contributed by atoms with E-state index in [2.05, 4.69) is 18.7 Å². The van der Waals surface area contributed by atoms with E-state index in [9.17, 15) is 9.90 Å². The highest BCUT2D eigenvalue weighted by molar-refractivity contribution is 6.37. The van der Waals surface area contributed by atoms with Crippen molar-refractivity contribution in [2.24, 2.45) is 0 Å². The average Bonchev–Trinajstić information content (AvgIpc) is 3.06. The Balaban J connectivity index is 1.99. The van der Waals surface area contributed by atoms with E-state index in [1.165, 1.54) is 0 Å². The Hall–Kier alpha value is -2.01. The van der Waals surface area contributed by atoms with E-state index in [4.69, 9.17) is 27.9 Å². The quantitative estimate of drug-likeness (QED) is 0.407. The number of phenols is 1. The monoisotopic (exact) mass is 461 g/mol. The molecular weight excluding hydrogens is 433 g/mol. The zero-order valence-corrected chi connectivity index (χ0v) is 19.8. The number of unbranched alkanes of at least 4 members (excludes halogenated alkanes) is 2. The SMILES string of the molecule is CCCCN(CCCC)Cc1c(O)cc(C)c2c1O/C(=C/c1c(Cl)cccc1Cl)C2=O. The van der Waals surface area contributed by atoms with Gasteiger partial charge in [-0.25, -0.2) is 0 Å². The van der Waals surface area contributed by atoms with Gasteiger partial charge in [-0.3, -0.25) is 9.69 Å². The van der Waals surface area contributed by atoms with Crippen LogP contribution in [0.25, 0.3) is 6.08 Å². The van der Waals surface area contributed by atoms with Gasteiger partial charge in [-0.05, 0) is 62.7 Å². The Morgan fingerprint density at radius 2 is 1.71 bits per heavy atom. The fraction of sp³-hybridized carbons (Fsp3) is 0.400. The second-order valence-electron chi connectivity index (χ2n) is 7.95. The zero-order valence-electron chi connectivity index (χ0n) is 18.3. The van der Waals surface area contributed by atoms with E-state index in [-0.39, 0.29) is 17.3 Å². The van der Waals surface area contributed by atoms with Gasteiger partial charge in [0.2, 0.25) is 5.78 Å². The maximum absolute atomic E-state index is 13.2. The molecule has 2 aromatic carbocycles. The van der Waals surface area contributed by atoms with Gasteiger partial charge in [0.15, 0.2) is 5.76 Å². The smallest absolute Gasteiger partial charge is 0.232 e. The van der Waals surface area contributed by atoms with Gasteiger partial charge in [-0.2, -0.15) is 0 Å². The van der Waals surface area contributed by atoms with Crippen LogP contribution in [0.1, 0.15) is 66.6 Å². The first-order valence-corrected chi connectivity index (χ1v) is 11.6. The Kier molecular flexibility index (Phi) is 8.04. The lowest BCUT2D eigenvalue weighted by Gasteiger charge is -2.23. The first kappa shape index (κ1) is 23.6. The number of hydrogen-bond acceptors (Lipinski definition) is 4. The molecule has 1 heterocycles. The minimum Gasteiger partial charge on any atom is -0.507 e. The molecule has 31 heavy (non-hydrogen) atoms. The molecule has 0 unspecified atom stereocenters. The minimum absolute atomic E-state index is 0.152. The Bertz CT molecular complexity index is 972. The molecule has 0 fully saturated rings. The van der Waals surface area contributed by atoms with Crippen molar-refractivity contribution in [2.75, 3.05) is 13.1 Å². The number of aryl methyl sites for hydroxylation is 1. The summed E-state index contributed by atoms with van der Waals surface area (Å²) in [6, 6.07) is 6.83. The Labute approximate surface area is 194 Å². The van der Waals surface area contributed by atoms with Crippen LogP contribution in [0.3, 0.4) is 0 Å². The number of hydrogen-bond donors (Lipinski definition) is 1. The third-order valence-electron chi connectivity index (χ3n) is 5.53. The standard InChI is InChI=1S/C25H29Cl2NO3/c1-4-6-11-28(12-7-5-2)15-18-21(29)13-16(3)23-24(30)22(31-25(18)23)14-17-19(26)9-8-10-20(17)27/h8-10,13-14,29H,4-7,11-12,15H2,1-3H3/b22-14+. The van der Waals surface area contributed by atoms with Gasteiger partial charge in [0.05, 0.1) is 11.1 Å². The van der Waals surface area contributed by atoms with Crippen molar-refractivity contribution in [3.8, 4) is 11.5 Å². The van der Waals surface area contributed by atoms with Gasteiger partial charge in [-0.15, -0.1) is 0 Å². The highest BCUT2D eigenvalue weighted by Crippen LogP contribution is 2.43. The molecule has 1 N–H and O–H groups in total. The lowest BCUT2D eigenvalue weighted by molar-refractivity contribution is 0.101. The largest absolute Gasteiger partial charge is 0.507 e. The Morgan fingerprint density at radius 1 is 1.10 bits per heavy atom. The molecule has 166 valence electrons. The van der Waals surface area contributed by atoms with Crippen molar-refractivity contribution in [3.63, 3.8) is 0 Å². The number of Topliss-reactive ketones (excluding diaryl/α,β-unsaturated/α-hetero) is 1. The molecule has 0 radical (unpaired) electrons. The highest BCUT2D eigenvalue weighted by Gasteiger charge is 2.34. The van der Waals surface area contributed by atoms with E-state index in [1.54, 1.807) is 37.3 Å². The number of phenolic OH excluding ortho intramolecular Hbond substituents is 1. The van der Waals surface area contributed by atoms with Gasteiger partial charge in [0.1, 0.15) is 11.5 Å². The minimum atomic E-state index is -0.224. The lowest BCUT2D eigenvalue weighted by atomic mass is 9.99. The van der Waals surface area contributed by atoms with Gasteiger partial charge in [-0.1, -0.05) is 56.0 Å². The number of halogens is 2. The molecule has 4 nitrogen and oxygen atoms in total. The summed E-state index contributed by atoms with van der Waals surface area (Å²) < 4.78 is 6.04. The van der Waals surface area contributed by atoms with Crippen LogP contribution in [0.4, 0.5) is 0 Å². The van der Waals surface area contributed by atoms with E-state index < -0.39 is 0 Å². The van der Waals surface area contributed by atoms with Crippen molar-refractivity contribution in [1.82, 2.24) is 4.90 Å². The molecule has 6 heteroatoms. The summed E-state index contributed by atoms with van der Waals surface area (Å²) in [7, 11) is 0. The van der Waals surface area contributed by atoms with Crippen LogP contribution < -0.4 is 4.74 Å². The average molecular weight is 462 g/mol. The molecular formula is C25H29Cl2NO3. The van der Waals surface area contributed by atoms with Gasteiger partial charge in [0, 0.05) is 22.2 Å². The van der Waals surface area contributed by atoms with E-state index >= 15 is 0 Å². The molecule has 0 spiro atoms. The second-order valence-corrected chi connectivity index (χ2v) is 8.77. The molecule has 1 aliphatic rings. The normalized spacial score (nSPS) is 14.4. The summed E-state index contributed by atoms with van der Waals surface area (Å²) in [6.45, 7) is 8.53. The van der Waals surface area contributed by atoms with Crippen LogP contribution in [-0.2, 0) is 6.54 Å². The number of carbonyl (C=O) groups is 1. The number of fused-ring (bicyclic) bond motifs is 1. The maximum atomic E-state index is 13.2. The molecule has 0 saturated heterocycles. The number of nitrogens with zero attached hydrogens (tertiary/aromatic N) is 1. The van der Waals surface area contributed by atoms with Crippen LogP contribution in [0, 0.1) is 6.92 Å². The molecule has 2 aromatic rings. The number of carbonyl (C=O) groups excluding carboxylic acids is 1. The third-order valence-corrected chi connectivity index (χ3v) is 6.19. The first-order chi connectivity index (χ1) is 14.9. The number of rotatable bonds is 9. The van der Waals surface area contributed by atoms with Crippen LogP contribution in [0.15, 0.2) is 30.0 Å². The number of ketones is 1. The molecule has 1 aliphatic heterocycles. The third kappa shape index (κ3) is 5.25. The summed E-state index contributed by atoms with van der Waals surface area (Å²) >= 11 is 12.6. The zero-order chi connectivity index (χ0) is 22.5. The topological polar surface area (TPSA) is 49.8 Å². The number of aromatic hydroxyl groups is 1. The maximum Gasteiger partial charge on any atom is 0.232 e. The predicted molar refractivity (Wildman–Crippen MR) is 127 cm³/mol. The van der Waals surface area contributed by atoms with Crippen molar-refractivity contribution in [2.45, 2.75) is 53.0 Å². The molecule has 0 aliphatic carbocycles. The Morgan fingerprint density at radius 3 is 2.29 bits per heavy atom. The van der Waals surface area contributed by atoms with Crippen molar-refractivity contribution >= 4 is 35.1 Å². The highest BCUT2D eigenvalue weighted by atomic mass is 35.5. The fourth-order valence-electron chi connectivity index (χ4n) is 3.77. The van der Waals surface area contributed by atoms with Crippen LogP contribution in [0.5, 0.6) is 11.5 Å². The van der Waals surface area contributed by atoms with Crippen LogP contribution in [0.2, 0.25) is 10.0 Å². The molecule has 0 saturated carbocycles. The lowest BCUT2D eigenvalue weighted by Crippen LogP contribution is -2.26. The van der Waals surface area contributed by atoms with Gasteiger partial charge < -0.3 is 9.84 Å². The first-order valence-electron chi connectivity index (χ1n) is 10.8. The molecule has 0 amide bonds. The summed E-state index contributed by atoms with van der Waals surface area (Å²) in [5.41, 5.74) is 2.37. The van der Waals surface area contributed by atoms with Crippen molar-refractivity contribution < 1.29 is 14.6 Å². The summed E-state index contributed by atoms with van der Waals surface area (Å²) in [5, 5.41) is 11.6. The molecule has 3 rings (SSSR count). The number of allylic oxidation sites excluding steroid dienone is 1. The fourth-order valence-corrected chi connectivity index (χ4v) is 4.28. The summed E-state index contributed by atoms with van der Waals surface area (Å²) in [5.74, 6) is 0.529. The summed E-state index contributed by atoms with van der Waals surface area (Å²) in [6.07, 6.45) is 5.93. The van der Waals surface area contributed by atoms with Gasteiger partial charge >= 0.3 is 0 Å².